The van der Waals surface area contributed by atoms with Crippen molar-refractivity contribution in [1.82, 2.24) is 24.1 Å². The number of pyridine rings is 1. The Bertz CT molecular complexity index is 1370. The molecule has 0 spiro atoms. The lowest BCUT2D eigenvalue weighted by molar-refractivity contribution is -0.133. The van der Waals surface area contributed by atoms with Crippen LogP contribution < -0.4 is 10.9 Å². The number of rotatable bonds is 6. The van der Waals surface area contributed by atoms with E-state index in [0.29, 0.717) is 45.5 Å². The molecule has 0 atom stereocenters. The van der Waals surface area contributed by atoms with Gasteiger partial charge in [-0.05, 0) is 35.1 Å². The highest BCUT2D eigenvalue weighted by molar-refractivity contribution is 9.10. The van der Waals surface area contributed by atoms with Crippen molar-refractivity contribution in [2.45, 2.75) is 33.9 Å². The largest absolute Gasteiger partial charge is 0.365 e. The molecule has 37 heavy (non-hydrogen) atoms. The predicted molar refractivity (Wildman–Crippen MR) is 150 cm³/mol. The van der Waals surface area contributed by atoms with E-state index in [1.165, 1.54) is 26.7 Å². The van der Waals surface area contributed by atoms with Gasteiger partial charge < -0.3 is 19.7 Å². The molecule has 1 aliphatic rings. The first-order valence-corrected chi connectivity index (χ1v) is 13.9. The molecular formula is C25H30BrClN6O3S. The van der Waals surface area contributed by atoms with Crippen molar-refractivity contribution in [1.29, 1.82) is 0 Å². The summed E-state index contributed by atoms with van der Waals surface area (Å²) in [4.78, 5) is 43.9. The summed E-state index contributed by atoms with van der Waals surface area (Å²) in [6, 6.07) is 6.94. The second-order valence-electron chi connectivity index (χ2n) is 10.1. The second kappa shape index (κ2) is 11.1. The van der Waals surface area contributed by atoms with Crippen LogP contribution in [0, 0.1) is 5.41 Å². The Morgan fingerprint density at radius 2 is 1.86 bits per heavy atom. The van der Waals surface area contributed by atoms with E-state index < -0.39 is 5.41 Å². The third-order valence-corrected chi connectivity index (χ3v) is 7.99. The van der Waals surface area contributed by atoms with E-state index >= 15 is 0 Å². The predicted octanol–water partition coefficient (Wildman–Crippen LogP) is 4.26. The molecule has 0 bridgehead atoms. The van der Waals surface area contributed by atoms with E-state index in [2.05, 4.69) is 31.2 Å². The number of amides is 1. The van der Waals surface area contributed by atoms with Crippen LogP contribution in [0.15, 0.2) is 39.7 Å². The van der Waals surface area contributed by atoms with Crippen LogP contribution >= 0.6 is 38.9 Å². The fraction of sp³-hybridized carbons (Fsp3) is 0.440. The molecule has 1 saturated heterocycles. The standard InChI is InChI=1S/C25H30BrClN6O3S/c1-25(2,3)24(36)33-21(28-13-16-5-6-20(27)37-16)12-19(29-33)17-11-22(34)32(14-18(17)26)15-23(35)31-9-7-30(4)8-10-31/h5-6,11-12,14,28H,7-10,13,15H2,1-4H3. The number of aromatic nitrogens is 3. The fourth-order valence-corrected chi connectivity index (χ4v) is 5.49. The zero-order valence-corrected chi connectivity index (χ0v) is 24.4. The summed E-state index contributed by atoms with van der Waals surface area (Å²) in [5, 5.41) is 7.84. The third-order valence-electron chi connectivity index (χ3n) is 6.13. The Hall–Kier alpha value is -2.47. The van der Waals surface area contributed by atoms with Gasteiger partial charge in [0.05, 0.1) is 16.6 Å². The highest BCUT2D eigenvalue weighted by Gasteiger charge is 2.28. The van der Waals surface area contributed by atoms with E-state index in [4.69, 9.17) is 11.6 Å². The van der Waals surface area contributed by atoms with E-state index in [-0.39, 0.29) is 23.9 Å². The maximum Gasteiger partial charge on any atom is 0.254 e. The molecule has 4 heterocycles. The van der Waals surface area contributed by atoms with E-state index in [1.807, 2.05) is 40.0 Å². The molecule has 4 rings (SSSR count). The van der Waals surface area contributed by atoms with Crippen molar-refractivity contribution < 1.29 is 9.59 Å². The van der Waals surface area contributed by atoms with E-state index in [9.17, 15) is 14.4 Å². The lowest BCUT2D eigenvalue weighted by atomic mass is 9.96. The normalized spacial score (nSPS) is 14.7. The number of hydrogen-bond acceptors (Lipinski definition) is 7. The van der Waals surface area contributed by atoms with Crippen LogP contribution in [0.2, 0.25) is 4.34 Å². The zero-order valence-electron chi connectivity index (χ0n) is 21.3. The number of thiophene rings is 1. The summed E-state index contributed by atoms with van der Waals surface area (Å²) < 4.78 is 4.03. The molecule has 9 nitrogen and oxygen atoms in total. The lowest BCUT2D eigenvalue weighted by Crippen LogP contribution is -2.48. The first-order chi connectivity index (χ1) is 17.4. The molecule has 1 N–H and O–H groups in total. The summed E-state index contributed by atoms with van der Waals surface area (Å²) in [5.74, 6) is 0.239. The van der Waals surface area contributed by atoms with Crippen LogP contribution in [0.5, 0.6) is 0 Å². The Balaban J connectivity index is 1.60. The molecule has 0 aromatic carbocycles. The number of nitrogens with one attached hydrogen (secondary N) is 1. The van der Waals surface area contributed by atoms with Crippen molar-refractivity contribution in [3.05, 3.63) is 54.5 Å². The molecule has 1 fully saturated rings. The number of nitrogens with zero attached hydrogens (tertiary/aromatic N) is 5. The average Bonchev–Trinajstić information content (AvgIpc) is 3.45. The van der Waals surface area contributed by atoms with Crippen molar-refractivity contribution in [3.63, 3.8) is 0 Å². The Morgan fingerprint density at radius 1 is 1.16 bits per heavy atom. The van der Waals surface area contributed by atoms with Gasteiger partial charge in [-0.3, -0.25) is 14.4 Å². The van der Waals surface area contributed by atoms with E-state index in [0.717, 1.165) is 18.0 Å². The molecule has 12 heteroatoms. The van der Waals surface area contributed by atoms with Gasteiger partial charge in [0, 0.05) is 64.8 Å². The van der Waals surface area contributed by atoms with Gasteiger partial charge >= 0.3 is 0 Å². The molecule has 198 valence electrons. The van der Waals surface area contributed by atoms with Gasteiger partial charge in [-0.15, -0.1) is 11.3 Å². The molecule has 0 radical (unpaired) electrons. The second-order valence-corrected chi connectivity index (χ2v) is 12.8. The quantitative estimate of drug-likeness (QED) is 0.449. The summed E-state index contributed by atoms with van der Waals surface area (Å²) in [7, 11) is 2.03. The number of piperazine rings is 1. The fourth-order valence-electron chi connectivity index (χ4n) is 3.90. The minimum absolute atomic E-state index is 0.0332. The van der Waals surface area contributed by atoms with Gasteiger partial charge in [0.25, 0.3) is 11.5 Å². The summed E-state index contributed by atoms with van der Waals surface area (Å²) in [6.07, 6.45) is 1.61. The summed E-state index contributed by atoms with van der Waals surface area (Å²) >= 11 is 11.0. The van der Waals surface area contributed by atoms with Gasteiger partial charge in [0.1, 0.15) is 12.4 Å². The summed E-state index contributed by atoms with van der Waals surface area (Å²) in [5.41, 5.74) is 0.0119. The number of halogens is 2. The van der Waals surface area contributed by atoms with Crippen molar-refractivity contribution >= 4 is 56.5 Å². The highest BCUT2D eigenvalue weighted by Crippen LogP contribution is 2.30. The van der Waals surface area contributed by atoms with Gasteiger partial charge in [-0.2, -0.15) is 9.78 Å². The van der Waals surface area contributed by atoms with E-state index in [1.54, 1.807) is 17.2 Å². The smallest absolute Gasteiger partial charge is 0.254 e. The Morgan fingerprint density at radius 3 is 2.49 bits per heavy atom. The Kier molecular flexibility index (Phi) is 8.27. The highest BCUT2D eigenvalue weighted by atomic mass is 79.9. The van der Waals surface area contributed by atoms with Gasteiger partial charge in [-0.25, -0.2) is 0 Å². The molecule has 1 amide bonds. The maximum absolute atomic E-state index is 13.2. The first kappa shape index (κ1) is 27.6. The van der Waals surface area contributed by atoms with Gasteiger partial charge in [-0.1, -0.05) is 32.4 Å². The van der Waals surface area contributed by atoms with Gasteiger partial charge in [0.15, 0.2) is 0 Å². The number of carbonyl (C=O) groups is 2. The summed E-state index contributed by atoms with van der Waals surface area (Å²) in [6.45, 7) is 8.85. The minimum Gasteiger partial charge on any atom is -0.365 e. The number of carbonyl (C=O) groups excluding carboxylic acids is 2. The number of likely N-dealkylation sites (N-methyl/N-ethyl adjacent to an activating group) is 1. The average molecular weight is 610 g/mol. The zero-order chi connectivity index (χ0) is 26.9. The van der Waals surface area contributed by atoms with Crippen LogP contribution in [-0.4, -0.2) is 69.2 Å². The number of anilines is 1. The van der Waals surface area contributed by atoms with Crippen LogP contribution in [0.25, 0.3) is 11.3 Å². The van der Waals surface area contributed by atoms with Crippen molar-refractivity contribution in [2.75, 3.05) is 38.5 Å². The molecule has 3 aromatic heterocycles. The molecular weight excluding hydrogens is 580 g/mol. The van der Waals surface area contributed by atoms with Crippen molar-refractivity contribution in [2.24, 2.45) is 5.41 Å². The molecule has 0 aliphatic carbocycles. The lowest BCUT2D eigenvalue weighted by Gasteiger charge is -2.32. The van der Waals surface area contributed by atoms with Crippen LogP contribution in [-0.2, 0) is 17.9 Å². The Labute approximate surface area is 233 Å². The molecule has 3 aromatic rings. The molecule has 1 aliphatic heterocycles. The van der Waals surface area contributed by atoms with Crippen LogP contribution in [0.4, 0.5) is 5.82 Å². The van der Waals surface area contributed by atoms with Crippen LogP contribution in [0.3, 0.4) is 0 Å². The first-order valence-electron chi connectivity index (χ1n) is 11.9. The minimum atomic E-state index is -0.670. The monoisotopic (exact) mass is 608 g/mol. The van der Waals surface area contributed by atoms with Gasteiger partial charge in [0.2, 0.25) is 5.91 Å². The maximum atomic E-state index is 13.2. The molecule has 0 unspecified atom stereocenters. The van der Waals surface area contributed by atoms with Crippen molar-refractivity contribution in [3.8, 4) is 11.3 Å². The third kappa shape index (κ3) is 6.51. The molecule has 0 saturated carbocycles. The SMILES string of the molecule is CN1CCN(C(=O)Cn2cc(Br)c(-c3cc(NCc4ccc(Cl)s4)n(C(=O)C(C)(C)C)n3)cc2=O)CC1. The number of hydrogen-bond donors (Lipinski definition) is 1. The van der Waals surface area contributed by atoms with Crippen LogP contribution in [0.1, 0.15) is 30.4 Å². The topological polar surface area (TPSA) is 92.5 Å².